The minimum absolute atomic E-state index is 0.175. The van der Waals surface area contributed by atoms with Crippen molar-refractivity contribution in [1.82, 2.24) is 5.32 Å². The SMILES string of the molecule is COc1ccc(C(=O)NC[C@@H](O)c2ccc(C)cc2)cc1. The van der Waals surface area contributed by atoms with Crippen LogP contribution >= 0.6 is 0 Å². The standard InChI is InChI=1S/C17H19NO3/c1-12-3-5-13(6-4-12)16(19)11-18-17(20)14-7-9-15(21-2)10-8-14/h3-10,16,19H,11H2,1-2H3,(H,18,20)/t16-/m1/s1. The first-order chi connectivity index (χ1) is 10.1. The molecule has 21 heavy (non-hydrogen) atoms. The van der Waals surface area contributed by atoms with Gasteiger partial charge in [-0.15, -0.1) is 0 Å². The molecule has 0 aliphatic rings. The van der Waals surface area contributed by atoms with Crippen molar-refractivity contribution in [2.75, 3.05) is 13.7 Å². The number of hydrogen-bond acceptors (Lipinski definition) is 3. The molecule has 0 fully saturated rings. The van der Waals surface area contributed by atoms with Crippen molar-refractivity contribution in [2.45, 2.75) is 13.0 Å². The van der Waals surface area contributed by atoms with Crippen molar-refractivity contribution in [2.24, 2.45) is 0 Å². The second-order valence-electron chi connectivity index (χ2n) is 4.87. The van der Waals surface area contributed by atoms with Gasteiger partial charge in [0.15, 0.2) is 0 Å². The maximum absolute atomic E-state index is 12.0. The van der Waals surface area contributed by atoms with Gasteiger partial charge in [-0.05, 0) is 36.8 Å². The van der Waals surface area contributed by atoms with Crippen molar-refractivity contribution in [3.8, 4) is 5.75 Å². The number of rotatable bonds is 5. The van der Waals surface area contributed by atoms with E-state index in [0.29, 0.717) is 11.3 Å². The zero-order chi connectivity index (χ0) is 15.2. The first kappa shape index (κ1) is 15.1. The summed E-state index contributed by atoms with van der Waals surface area (Å²) in [5, 5.41) is 12.8. The molecule has 2 aromatic rings. The molecule has 2 aromatic carbocycles. The highest BCUT2D eigenvalue weighted by Crippen LogP contribution is 2.14. The summed E-state index contributed by atoms with van der Waals surface area (Å²) in [4.78, 5) is 12.0. The summed E-state index contributed by atoms with van der Waals surface area (Å²) in [5.41, 5.74) is 2.45. The lowest BCUT2D eigenvalue weighted by atomic mass is 10.1. The van der Waals surface area contributed by atoms with Gasteiger partial charge in [-0.25, -0.2) is 0 Å². The summed E-state index contributed by atoms with van der Waals surface area (Å²) in [6.45, 7) is 2.16. The van der Waals surface area contributed by atoms with E-state index in [0.717, 1.165) is 11.1 Å². The van der Waals surface area contributed by atoms with Gasteiger partial charge in [0.2, 0.25) is 0 Å². The highest BCUT2D eigenvalue weighted by Gasteiger charge is 2.10. The molecule has 4 heteroatoms. The van der Waals surface area contributed by atoms with Crippen molar-refractivity contribution >= 4 is 5.91 Å². The third-order valence-electron chi connectivity index (χ3n) is 3.27. The van der Waals surface area contributed by atoms with E-state index in [9.17, 15) is 9.90 Å². The van der Waals surface area contributed by atoms with E-state index in [1.807, 2.05) is 31.2 Å². The van der Waals surface area contributed by atoms with Gasteiger partial charge in [0.05, 0.1) is 13.2 Å². The Bertz CT molecular complexity index is 590. The molecule has 1 atom stereocenters. The first-order valence-corrected chi connectivity index (χ1v) is 6.77. The molecule has 2 N–H and O–H groups in total. The summed E-state index contributed by atoms with van der Waals surface area (Å²) >= 11 is 0. The molecule has 0 saturated heterocycles. The summed E-state index contributed by atoms with van der Waals surface area (Å²) in [6, 6.07) is 14.4. The summed E-state index contributed by atoms with van der Waals surface area (Å²) in [5.74, 6) is 0.482. The molecule has 110 valence electrons. The second kappa shape index (κ2) is 6.90. The molecule has 0 heterocycles. The van der Waals surface area contributed by atoms with Crippen LogP contribution in [-0.2, 0) is 0 Å². The van der Waals surface area contributed by atoms with Gasteiger partial charge in [0.1, 0.15) is 5.75 Å². The lowest BCUT2D eigenvalue weighted by Gasteiger charge is -2.12. The van der Waals surface area contributed by atoms with Gasteiger partial charge in [0.25, 0.3) is 5.91 Å². The maximum Gasteiger partial charge on any atom is 0.251 e. The summed E-state index contributed by atoms with van der Waals surface area (Å²) in [7, 11) is 1.58. The van der Waals surface area contributed by atoms with E-state index >= 15 is 0 Å². The highest BCUT2D eigenvalue weighted by molar-refractivity contribution is 5.94. The van der Waals surface area contributed by atoms with Crippen LogP contribution in [-0.4, -0.2) is 24.7 Å². The fourth-order valence-electron chi connectivity index (χ4n) is 1.94. The van der Waals surface area contributed by atoms with Crippen LogP contribution in [0.3, 0.4) is 0 Å². The number of methoxy groups -OCH3 is 1. The lowest BCUT2D eigenvalue weighted by Crippen LogP contribution is -2.28. The van der Waals surface area contributed by atoms with Gasteiger partial charge in [0, 0.05) is 12.1 Å². The third-order valence-corrected chi connectivity index (χ3v) is 3.27. The quantitative estimate of drug-likeness (QED) is 0.887. The normalized spacial score (nSPS) is 11.8. The first-order valence-electron chi connectivity index (χ1n) is 6.77. The van der Waals surface area contributed by atoms with Crippen LogP contribution in [0.4, 0.5) is 0 Å². The molecule has 0 aliphatic carbocycles. The predicted octanol–water partition coefficient (Wildman–Crippen LogP) is 2.47. The Kier molecular flexibility index (Phi) is 4.95. The number of carbonyl (C=O) groups is 1. The average molecular weight is 285 g/mol. The lowest BCUT2D eigenvalue weighted by molar-refractivity contribution is 0.0916. The summed E-state index contributed by atoms with van der Waals surface area (Å²) in [6.07, 6.45) is -0.715. The number of aryl methyl sites for hydroxylation is 1. The number of carbonyl (C=O) groups excluding carboxylic acids is 1. The van der Waals surface area contributed by atoms with Crippen LogP contribution in [0.1, 0.15) is 27.6 Å². The van der Waals surface area contributed by atoms with Gasteiger partial charge >= 0.3 is 0 Å². The molecule has 0 spiro atoms. The van der Waals surface area contributed by atoms with Crippen molar-refractivity contribution < 1.29 is 14.6 Å². The molecule has 4 nitrogen and oxygen atoms in total. The van der Waals surface area contributed by atoms with Crippen molar-refractivity contribution in [3.63, 3.8) is 0 Å². The highest BCUT2D eigenvalue weighted by atomic mass is 16.5. The Morgan fingerprint density at radius 3 is 2.33 bits per heavy atom. The smallest absolute Gasteiger partial charge is 0.251 e. The zero-order valence-electron chi connectivity index (χ0n) is 12.2. The van der Waals surface area contributed by atoms with E-state index in [4.69, 9.17) is 4.74 Å². The molecule has 2 rings (SSSR count). The van der Waals surface area contributed by atoms with E-state index < -0.39 is 6.10 Å². The molecule has 0 saturated carbocycles. The Balaban J connectivity index is 1.92. The molecular formula is C17H19NO3. The molecule has 0 aliphatic heterocycles. The minimum Gasteiger partial charge on any atom is -0.497 e. The number of ether oxygens (including phenoxy) is 1. The van der Waals surface area contributed by atoms with Crippen LogP contribution < -0.4 is 10.1 Å². The molecular weight excluding hydrogens is 266 g/mol. The minimum atomic E-state index is -0.715. The zero-order valence-corrected chi connectivity index (χ0v) is 12.2. The largest absolute Gasteiger partial charge is 0.497 e. The van der Waals surface area contributed by atoms with Crippen LogP contribution in [0, 0.1) is 6.92 Å². The topological polar surface area (TPSA) is 58.6 Å². The van der Waals surface area contributed by atoms with E-state index in [-0.39, 0.29) is 12.5 Å². The fourth-order valence-corrected chi connectivity index (χ4v) is 1.94. The van der Waals surface area contributed by atoms with Crippen LogP contribution in [0.15, 0.2) is 48.5 Å². The third kappa shape index (κ3) is 4.07. The number of benzene rings is 2. The van der Waals surface area contributed by atoms with Gasteiger partial charge < -0.3 is 15.2 Å². The number of nitrogens with one attached hydrogen (secondary N) is 1. The van der Waals surface area contributed by atoms with Crippen LogP contribution in [0.25, 0.3) is 0 Å². The Morgan fingerprint density at radius 1 is 1.14 bits per heavy atom. The van der Waals surface area contributed by atoms with Crippen LogP contribution in [0.2, 0.25) is 0 Å². The number of aliphatic hydroxyl groups excluding tert-OH is 1. The number of hydrogen-bond donors (Lipinski definition) is 2. The number of amides is 1. The Hall–Kier alpha value is -2.33. The second-order valence-corrected chi connectivity index (χ2v) is 4.87. The Morgan fingerprint density at radius 2 is 1.76 bits per heavy atom. The molecule has 0 unspecified atom stereocenters. The van der Waals surface area contributed by atoms with Crippen LogP contribution in [0.5, 0.6) is 5.75 Å². The van der Waals surface area contributed by atoms with Crippen molar-refractivity contribution in [1.29, 1.82) is 0 Å². The fraction of sp³-hybridized carbons (Fsp3) is 0.235. The van der Waals surface area contributed by atoms with Crippen molar-refractivity contribution in [3.05, 3.63) is 65.2 Å². The van der Waals surface area contributed by atoms with Gasteiger partial charge in [-0.3, -0.25) is 4.79 Å². The maximum atomic E-state index is 12.0. The molecule has 0 radical (unpaired) electrons. The predicted molar refractivity (Wildman–Crippen MR) is 81.5 cm³/mol. The van der Waals surface area contributed by atoms with Gasteiger partial charge in [-0.2, -0.15) is 0 Å². The molecule has 1 amide bonds. The van der Waals surface area contributed by atoms with E-state index in [1.54, 1.807) is 31.4 Å². The molecule has 0 bridgehead atoms. The molecule has 0 aromatic heterocycles. The van der Waals surface area contributed by atoms with E-state index in [2.05, 4.69) is 5.32 Å². The summed E-state index contributed by atoms with van der Waals surface area (Å²) < 4.78 is 5.04. The van der Waals surface area contributed by atoms with Gasteiger partial charge in [-0.1, -0.05) is 29.8 Å². The monoisotopic (exact) mass is 285 g/mol. The number of aliphatic hydroxyl groups is 1. The average Bonchev–Trinajstić information content (AvgIpc) is 2.53. The Labute approximate surface area is 124 Å². The van der Waals surface area contributed by atoms with E-state index in [1.165, 1.54) is 0 Å².